The van der Waals surface area contributed by atoms with Crippen molar-refractivity contribution >= 4 is 28.3 Å². The summed E-state index contributed by atoms with van der Waals surface area (Å²) in [5.74, 6) is 0.375. The zero-order valence-corrected chi connectivity index (χ0v) is 13.3. The number of carbonyl (C=O) groups is 1. The van der Waals surface area contributed by atoms with Crippen molar-refractivity contribution < 1.29 is 14.3 Å². The monoisotopic (exact) mass is 331 g/mol. The fourth-order valence-corrected chi connectivity index (χ4v) is 2.93. The highest BCUT2D eigenvalue weighted by Gasteiger charge is 2.09. The molecule has 0 atom stereocenters. The van der Waals surface area contributed by atoms with Gasteiger partial charge in [0.15, 0.2) is 11.5 Å². The van der Waals surface area contributed by atoms with Gasteiger partial charge in [0, 0.05) is 6.92 Å². The number of nitrogens with zero attached hydrogens (tertiary/aromatic N) is 3. The first-order valence-corrected chi connectivity index (χ1v) is 7.69. The van der Waals surface area contributed by atoms with Crippen molar-refractivity contribution in [2.45, 2.75) is 13.8 Å². The molecule has 118 valence electrons. The van der Waals surface area contributed by atoms with Gasteiger partial charge in [-0.25, -0.2) is 4.98 Å². The topological polar surface area (TPSA) is 82.8 Å². The Balaban J connectivity index is 2.05. The summed E-state index contributed by atoms with van der Waals surface area (Å²) in [6.07, 6.45) is 3.07. The largest absolute Gasteiger partial charge is 0.490 e. The number of aromatic nitrogens is 3. The molecule has 0 aliphatic heterocycles. The van der Waals surface area contributed by atoms with Crippen molar-refractivity contribution in [2.24, 2.45) is 0 Å². The summed E-state index contributed by atoms with van der Waals surface area (Å²) in [5.41, 5.74) is 0.537. The van der Waals surface area contributed by atoms with E-state index in [2.05, 4.69) is 10.1 Å². The summed E-state index contributed by atoms with van der Waals surface area (Å²) in [6, 6.07) is 5.10. The van der Waals surface area contributed by atoms with E-state index in [1.807, 2.05) is 6.92 Å². The van der Waals surface area contributed by atoms with Crippen LogP contribution in [0.2, 0.25) is 0 Å². The minimum atomic E-state index is -0.421. The Morgan fingerprint density at radius 2 is 2.22 bits per heavy atom. The van der Waals surface area contributed by atoms with E-state index >= 15 is 0 Å². The van der Waals surface area contributed by atoms with Crippen molar-refractivity contribution in [1.29, 1.82) is 0 Å². The van der Waals surface area contributed by atoms with Gasteiger partial charge >= 0.3 is 5.97 Å². The van der Waals surface area contributed by atoms with E-state index in [1.54, 1.807) is 24.3 Å². The highest BCUT2D eigenvalue weighted by Crippen LogP contribution is 2.28. The lowest BCUT2D eigenvalue weighted by Crippen LogP contribution is -2.23. The predicted molar refractivity (Wildman–Crippen MR) is 84.8 cm³/mol. The molecule has 0 aliphatic carbocycles. The van der Waals surface area contributed by atoms with Gasteiger partial charge in [-0.05, 0) is 30.7 Å². The number of thiazole rings is 1. The summed E-state index contributed by atoms with van der Waals surface area (Å²) in [5, 5.41) is 3.88. The van der Waals surface area contributed by atoms with Crippen LogP contribution in [-0.4, -0.2) is 27.2 Å². The number of rotatable bonds is 4. The molecular weight excluding hydrogens is 318 g/mol. The third kappa shape index (κ3) is 3.07. The minimum Gasteiger partial charge on any atom is -0.490 e. The molecule has 0 unspecified atom stereocenters. The average Bonchev–Trinajstić information content (AvgIpc) is 3.06. The van der Waals surface area contributed by atoms with Crippen LogP contribution in [0.25, 0.3) is 11.0 Å². The summed E-state index contributed by atoms with van der Waals surface area (Å²) < 4.78 is 12.4. The Labute approximate surface area is 134 Å². The zero-order valence-electron chi connectivity index (χ0n) is 12.5. The van der Waals surface area contributed by atoms with Crippen molar-refractivity contribution in [3.8, 4) is 11.5 Å². The molecule has 2 heterocycles. The van der Waals surface area contributed by atoms with Gasteiger partial charge in [0.25, 0.3) is 5.56 Å². The van der Waals surface area contributed by atoms with E-state index in [0.717, 1.165) is 5.56 Å². The second-order valence-electron chi connectivity index (χ2n) is 4.60. The van der Waals surface area contributed by atoms with Crippen LogP contribution in [0.4, 0.5) is 0 Å². The van der Waals surface area contributed by atoms with Crippen LogP contribution in [-0.2, 0) is 4.79 Å². The van der Waals surface area contributed by atoms with Crippen molar-refractivity contribution in [3.05, 3.63) is 45.0 Å². The molecule has 0 saturated carbocycles. The Morgan fingerprint density at radius 1 is 1.39 bits per heavy atom. The molecule has 0 bridgehead atoms. The smallest absolute Gasteiger partial charge is 0.308 e. The van der Waals surface area contributed by atoms with E-state index in [-0.39, 0.29) is 5.56 Å². The molecule has 0 spiro atoms. The van der Waals surface area contributed by atoms with E-state index in [1.165, 1.54) is 29.1 Å². The normalized spacial score (nSPS) is 11.8. The van der Waals surface area contributed by atoms with Crippen molar-refractivity contribution in [1.82, 2.24) is 14.6 Å². The van der Waals surface area contributed by atoms with Crippen LogP contribution in [0, 0.1) is 0 Å². The number of esters is 1. The molecule has 0 saturated heterocycles. The summed E-state index contributed by atoms with van der Waals surface area (Å²) in [6.45, 7) is 3.60. The first-order valence-electron chi connectivity index (χ1n) is 6.88. The Morgan fingerprint density at radius 3 is 2.91 bits per heavy atom. The van der Waals surface area contributed by atoms with Gasteiger partial charge in [-0.2, -0.15) is 9.61 Å². The van der Waals surface area contributed by atoms with Crippen LogP contribution < -0.4 is 19.6 Å². The van der Waals surface area contributed by atoms with Gasteiger partial charge in [-0.1, -0.05) is 17.4 Å². The molecule has 2 aromatic heterocycles. The fourth-order valence-electron chi connectivity index (χ4n) is 2.05. The lowest BCUT2D eigenvalue weighted by Gasteiger charge is -2.10. The van der Waals surface area contributed by atoms with Crippen LogP contribution in [0.3, 0.4) is 0 Å². The maximum absolute atomic E-state index is 12.2. The SMILES string of the molecule is CCOc1cc(C=c2sc3ncnn3c2=O)ccc1OC(C)=O. The molecule has 0 amide bonds. The number of hydrogen-bond donors (Lipinski definition) is 0. The number of ether oxygens (including phenoxy) is 2. The quantitative estimate of drug-likeness (QED) is 0.524. The Hall–Kier alpha value is -2.74. The molecule has 8 heteroatoms. The molecule has 0 radical (unpaired) electrons. The van der Waals surface area contributed by atoms with Gasteiger partial charge in [-0.15, -0.1) is 0 Å². The Bertz CT molecular complexity index is 976. The molecular formula is C15H13N3O4S. The van der Waals surface area contributed by atoms with E-state index in [9.17, 15) is 9.59 Å². The molecule has 3 rings (SSSR count). The van der Waals surface area contributed by atoms with Gasteiger partial charge < -0.3 is 9.47 Å². The van der Waals surface area contributed by atoms with Crippen molar-refractivity contribution in [3.63, 3.8) is 0 Å². The molecule has 23 heavy (non-hydrogen) atoms. The van der Waals surface area contributed by atoms with E-state index in [0.29, 0.717) is 27.6 Å². The first-order chi connectivity index (χ1) is 11.1. The van der Waals surface area contributed by atoms with Gasteiger partial charge in [0.1, 0.15) is 6.33 Å². The van der Waals surface area contributed by atoms with Crippen LogP contribution >= 0.6 is 11.3 Å². The molecule has 7 nitrogen and oxygen atoms in total. The maximum atomic E-state index is 12.2. The Kier molecular flexibility index (Phi) is 4.07. The van der Waals surface area contributed by atoms with Crippen molar-refractivity contribution in [2.75, 3.05) is 6.61 Å². The first kappa shape index (κ1) is 15.2. The molecule has 1 aromatic carbocycles. The van der Waals surface area contributed by atoms with E-state index in [4.69, 9.17) is 9.47 Å². The molecule has 0 fully saturated rings. The lowest BCUT2D eigenvalue weighted by atomic mass is 10.2. The van der Waals surface area contributed by atoms with Gasteiger partial charge in [0.2, 0.25) is 4.96 Å². The third-order valence-corrected chi connectivity index (χ3v) is 3.91. The van der Waals surface area contributed by atoms with Gasteiger partial charge in [0.05, 0.1) is 11.1 Å². The minimum absolute atomic E-state index is 0.218. The van der Waals surface area contributed by atoms with Crippen LogP contribution in [0.1, 0.15) is 19.4 Å². The molecule has 0 aliphatic rings. The maximum Gasteiger partial charge on any atom is 0.308 e. The third-order valence-electron chi connectivity index (χ3n) is 2.94. The van der Waals surface area contributed by atoms with Gasteiger partial charge in [-0.3, -0.25) is 9.59 Å². The highest BCUT2D eigenvalue weighted by atomic mass is 32.1. The van der Waals surface area contributed by atoms with Crippen LogP contribution in [0.15, 0.2) is 29.3 Å². The standard InChI is InChI=1S/C15H13N3O4S/c1-3-21-12-6-10(4-5-11(12)22-9(2)19)7-13-14(20)18-15(23-13)16-8-17-18/h4-8H,3H2,1-2H3. The number of hydrogen-bond acceptors (Lipinski definition) is 7. The zero-order chi connectivity index (χ0) is 16.4. The molecule has 0 N–H and O–H groups in total. The number of carbonyl (C=O) groups excluding carboxylic acids is 1. The second-order valence-corrected chi connectivity index (χ2v) is 5.61. The number of benzene rings is 1. The summed E-state index contributed by atoms with van der Waals surface area (Å²) in [7, 11) is 0. The average molecular weight is 331 g/mol. The lowest BCUT2D eigenvalue weighted by molar-refractivity contribution is -0.132. The predicted octanol–water partition coefficient (Wildman–Crippen LogP) is 1.02. The number of fused-ring (bicyclic) bond motifs is 1. The summed E-state index contributed by atoms with van der Waals surface area (Å²) >= 11 is 1.25. The van der Waals surface area contributed by atoms with E-state index < -0.39 is 5.97 Å². The fraction of sp³-hybridized carbons (Fsp3) is 0.200. The highest BCUT2D eigenvalue weighted by molar-refractivity contribution is 7.15. The summed E-state index contributed by atoms with van der Waals surface area (Å²) in [4.78, 5) is 27.8. The van der Waals surface area contributed by atoms with Crippen LogP contribution in [0.5, 0.6) is 11.5 Å². The second kappa shape index (κ2) is 6.17. The molecule has 3 aromatic rings.